The van der Waals surface area contributed by atoms with Crippen molar-refractivity contribution < 1.29 is 4.79 Å². The molecule has 0 bridgehead atoms. The lowest BCUT2D eigenvalue weighted by Gasteiger charge is -1.99. The quantitative estimate of drug-likeness (QED) is 0.675. The predicted molar refractivity (Wildman–Crippen MR) is 48.6 cm³/mol. The number of carbonyl (C=O) groups is 1. The van der Waals surface area contributed by atoms with Gasteiger partial charge in [0.1, 0.15) is 0 Å². The van der Waals surface area contributed by atoms with Crippen molar-refractivity contribution in [3.8, 4) is 0 Å². The smallest absolute Gasteiger partial charge is 0.178 e. The van der Waals surface area contributed by atoms with Crippen LogP contribution in [0.1, 0.15) is 10.4 Å². The summed E-state index contributed by atoms with van der Waals surface area (Å²) in [5.41, 5.74) is 6.72. The molecule has 0 spiro atoms. The molecule has 13 heavy (non-hydrogen) atoms. The first-order chi connectivity index (χ1) is 6.33. The number of ketones is 1. The maximum absolute atomic E-state index is 11.4. The Balaban J connectivity index is 2.67. The van der Waals surface area contributed by atoms with Crippen molar-refractivity contribution in [1.29, 1.82) is 0 Å². The van der Waals surface area contributed by atoms with Crippen LogP contribution in [0.4, 0.5) is 0 Å². The van der Waals surface area contributed by atoms with Crippen molar-refractivity contribution in [2.75, 3.05) is 6.54 Å². The molecule has 0 amide bonds. The average molecular weight is 175 g/mol. The van der Waals surface area contributed by atoms with Crippen LogP contribution in [0, 0.1) is 0 Å². The first kappa shape index (κ1) is 7.94. The van der Waals surface area contributed by atoms with E-state index >= 15 is 0 Å². The van der Waals surface area contributed by atoms with Crippen molar-refractivity contribution in [2.45, 2.75) is 0 Å². The van der Waals surface area contributed by atoms with E-state index in [1.807, 2.05) is 0 Å². The lowest BCUT2D eigenvalue weighted by Crippen LogP contribution is -2.14. The summed E-state index contributed by atoms with van der Waals surface area (Å²) in [5, 5.41) is 4.02. The Labute approximate surface area is 75.0 Å². The van der Waals surface area contributed by atoms with E-state index in [0.29, 0.717) is 5.56 Å². The van der Waals surface area contributed by atoms with Gasteiger partial charge < -0.3 is 5.73 Å². The molecular weight excluding hydrogens is 166 g/mol. The number of nitrogens with zero attached hydrogens (tertiary/aromatic N) is 2. The van der Waals surface area contributed by atoms with Crippen LogP contribution in [0.15, 0.2) is 30.6 Å². The van der Waals surface area contributed by atoms with Crippen molar-refractivity contribution in [1.82, 2.24) is 9.61 Å². The summed E-state index contributed by atoms with van der Waals surface area (Å²) in [6, 6.07) is 5.33. The van der Waals surface area contributed by atoms with Crippen molar-refractivity contribution in [2.24, 2.45) is 5.73 Å². The fourth-order valence-electron chi connectivity index (χ4n) is 1.30. The standard InChI is InChI=1S/C9H9N3O/c10-6-9(13)7-2-1-5-12-8(7)3-4-11-12/h1-5H,6,10H2. The molecule has 66 valence electrons. The van der Waals surface area contributed by atoms with Gasteiger partial charge in [0.15, 0.2) is 5.78 Å². The number of rotatable bonds is 2. The fourth-order valence-corrected chi connectivity index (χ4v) is 1.30. The van der Waals surface area contributed by atoms with Gasteiger partial charge in [-0.3, -0.25) is 4.79 Å². The third kappa shape index (κ3) is 1.21. The molecule has 4 nitrogen and oxygen atoms in total. The van der Waals surface area contributed by atoms with Gasteiger partial charge in [-0.15, -0.1) is 0 Å². The van der Waals surface area contributed by atoms with Gasteiger partial charge in [-0.1, -0.05) is 0 Å². The molecule has 0 aliphatic rings. The molecule has 0 aromatic carbocycles. The highest BCUT2D eigenvalue weighted by atomic mass is 16.1. The number of aromatic nitrogens is 2. The number of Topliss-reactive ketones (excluding diaryl/α,β-unsaturated/α-hetero) is 1. The summed E-state index contributed by atoms with van der Waals surface area (Å²) in [4.78, 5) is 11.4. The maximum Gasteiger partial charge on any atom is 0.178 e. The van der Waals surface area contributed by atoms with E-state index in [1.54, 1.807) is 35.1 Å². The van der Waals surface area contributed by atoms with E-state index in [9.17, 15) is 4.79 Å². The highest BCUT2D eigenvalue weighted by Crippen LogP contribution is 2.09. The molecular formula is C9H9N3O. The largest absolute Gasteiger partial charge is 0.324 e. The number of carbonyl (C=O) groups excluding carboxylic acids is 1. The second-order valence-corrected chi connectivity index (χ2v) is 2.71. The zero-order valence-electron chi connectivity index (χ0n) is 6.97. The molecule has 2 aromatic rings. The van der Waals surface area contributed by atoms with Crippen molar-refractivity contribution in [3.05, 3.63) is 36.2 Å². The minimum Gasteiger partial charge on any atom is -0.324 e. The molecule has 2 aromatic heterocycles. The summed E-state index contributed by atoms with van der Waals surface area (Å²) in [5.74, 6) is -0.0638. The number of pyridine rings is 1. The summed E-state index contributed by atoms with van der Waals surface area (Å²) < 4.78 is 1.66. The maximum atomic E-state index is 11.4. The minimum absolute atomic E-state index is 0.0326. The molecule has 0 unspecified atom stereocenters. The molecule has 0 atom stereocenters. The first-order valence-corrected chi connectivity index (χ1v) is 3.98. The number of nitrogens with two attached hydrogens (primary N) is 1. The van der Waals surface area contributed by atoms with Crippen molar-refractivity contribution in [3.63, 3.8) is 0 Å². The highest BCUT2D eigenvalue weighted by Gasteiger charge is 2.07. The lowest BCUT2D eigenvalue weighted by atomic mass is 10.1. The second kappa shape index (κ2) is 2.99. The zero-order valence-corrected chi connectivity index (χ0v) is 6.97. The normalized spacial score (nSPS) is 10.5. The molecule has 4 heteroatoms. The molecule has 0 fully saturated rings. The topological polar surface area (TPSA) is 60.4 Å². The van der Waals surface area contributed by atoms with Crippen LogP contribution >= 0.6 is 0 Å². The minimum atomic E-state index is -0.0638. The average Bonchev–Trinajstić information content (AvgIpc) is 2.63. The molecule has 2 heterocycles. The van der Waals surface area contributed by atoms with Gasteiger partial charge in [-0.25, -0.2) is 4.52 Å². The van der Waals surface area contributed by atoms with Crippen LogP contribution in [-0.2, 0) is 0 Å². The van der Waals surface area contributed by atoms with Gasteiger partial charge in [0, 0.05) is 11.8 Å². The molecule has 2 rings (SSSR count). The Kier molecular flexibility index (Phi) is 1.83. The summed E-state index contributed by atoms with van der Waals surface area (Å²) >= 11 is 0. The molecule has 0 radical (unpaired) electrons. The number of hydrogen-bond acceptors (Lipinski definition) is 3. The Bertz CT molecular complexity index is 447. The van der Waals surface area contributed by atoms with Crippen LogP contribution in [0.3, 0.4) is 0 Å². The third-order valence-corrected chi connectivity index (χ3v) is 1.92. The number of fused-ring (bicyclic) bond motifs is 1. The Morgan fingerprint density at radius 2 is 2.38 bits per heavy atom. The van der Waals surface area contributed by atoms with Crippen LogP contribution < -0.4 is 5.73 Å². The van der Waals surface area contributed by atoms with Crippen LogP contribution in [0.2, 0.25) is 0 Å². The van der Waals surface area contributed by atoms with E-state index < -0.39 is 0 Å². The van der Waals surface area contributed by atoms with E-state index in [-0.39, 0.29) is 12.3 Å². The SMILES string of the molecule is NCC(=O)c1cccn2nccc12. The van der Waals surface area contributed by atoms with E-state index in [4.69, 9.17) is 5.73 Å². The monoisotopic (exact) mass is 175 g/mol. The van der Waals surface area contributed by atoms with Crippen LogP contribution in [0.5, 0.6) is 0 Å². The summed E-state index contributed by atoms with van der Waals surface area (Å²) in [6.07, 6.45) is 3.45. The molecule has 0 aliphatic heterocycles. The fraction of sp³-hybridized carbons (Fsp3) is 0.111. The summed E-state index contributed by atoms with van der Waals surface area (Å²) in [7, 11) is 0. The lowest BCUT2D eigenvalue weighted by molar-refractivity contribution is 0.100. The molecule has 0 aliphatic carbocycles. The van der Waals surface area contributed by atoms with E-state index in [1.165, 1.54) is 0 Å². The van der Waals surface area contributed by atoms with Gasteiger partial charge in [0.2, 0.25) is 0 Å². The molecule has 0 saturated carbocycles. The van der Waals surface area contributed by atoms with E-state index in [0.717, 1.165) is 5.52 Å². The van der Waals surface area contributed by atoms with Gasteiger partial charge >= 0.3 is 0 Å². The van der Waals surface area contributed by atoms with Crippen LogP contribution in [0.25, 0.3) is 5.52 Å². The van der Waals surface area contributed by atoms with Gasteiger partial charge in [0.25, 0.3) is 0 Å². The zero-order chi connectivity index (χ0) is 9.26. The number of hydrogen-bond donors (Lipinski definition) is 1. The third-order valence-electron chi connectivity index (χ3n) is 1.92. The van der Waals surface area contributed by atoms with Gasteiger partial charge in [0.05, 0.1) is 18.3 Å². The Hall–Kier alpha value is -1.68. The summed E-state index contributed by atoms with van der Waals surface area (Å²) in [6.45, 7) is 0.0326. The van der Waals surface area contributed by atoms with Crippen molar-refractivity contribution >= 4 is 11.3 Å². The van der Waals surface area contributed by atoms with Gasteiger partial charge in [-0.2, -0.15) is 5.10 Å². The second-order valence-electron chi connectivity index (χ2n) is 2.71. The Morgan fingerprint density at radius 3 is 3.15 bits per heavy atom. The van der Waals surface area contributed by atoms with Crippen LogP contribution in [-0.4, -0.2) is 21.9 Å². The first-order valence-electron chi connectivity index (χ1n) is 3.98. The molecule has 0 saturated heterocycles. The predicted octanol–water partition coefficient (Wildman–Crippen LogP) is 0.476. The van der Waals surface area contributed by atoms with Gasteiger partial charge in [-0.05, 0) is 18.2 Å². The molecule has 2 N–H and O–H groups in total. The highest BCUT2D eigenvalue weighted by molar-refractivity contribution is 6.03. The Morgan fingerprint density at radius 1 is 1.54 bits per heavy atom. The van der Waals surface area contributed by atoms with E-state index in [2.05, 4.69) is 5.10 Å².